The lowest BCUT2D eigenvalue weighted by Gasteiger charge is -2.31. The Labute approximate surface area is 103 Å². The molecule has 0 aromatic carbocycles. The molecule has 2 nitrogen and oxygen atoms in total. The van der Waals surface area contributed by atoms with Crippen molar-refractivity contribution in [3.8, 4) is 0 Å². The molecule has 0 bridgehead atoms. The zero-order chi connectivity index (χ0) is 11.8. The SMILES string of the molecule is COC(=O)C1=C2CCCCC2=C2CCC[C@@H]2C1. The molecule has 92 valence electrons. The van der Waals surface area contributed by atoms with E-state index in [-0.39, 0.29) is 5.97 Å². The van der Waals surface area contributed by atoms with Gasteiger partial charge in [0.05, 0.1) is 7.11 Å². The van der Waals surface area contributed by atoms with Crippen molar-refractivity contribution in [1.82, 2.24) is 0 Å². The third-order valence-electron chi connectivity index (χ3n) is 4.59. The second kappa shape index (κ2) is 4.32. The van der Waals surface area contributed by atoms with Crippen LogP contribution in [0.2, 0.25) is 0 Å². The van der Waals surface area contributed by atoms with E-state index >= 15 is 0 Å². The smallest absolute Gasteiger partial charge is 0.334 e. The van der Waals surface area contributed by atoms with Crippen LogP contribution >= 0.6 is 0 Å². The Bertz CT molecular complexity index is 415. The molecule has 0 saturated heterocycles. The number of fused-ring (bicyclic) bond motifs is 2. The molecule has 2 fully saturated rings. The van der Waals surface area contributed by atoms with Crippen LogP contribution in [0.1, 0.15) is 51.4 Å². The van der Waals surface area contributed by atoms with Gasteiger partial charge in [-0.25, -0.2) is 4.79 Å². The summed E-state index contributed by atoms with van der Waals surface area (Å²) in [5.74, 6) is 0.575. The summed E-state index contributed by atoms with van der Waals surface area (Å²) in [4.78, 5) is 11.9. The van der Waals surface area contributed by atoms with Gasteiger partial charge in [0.2, 0.25) is 0 Å². The fraction of sp³-hybridized carbons (Fsp3) is 0.667. The lowest BCUT2D eigenvalue weighted by atomic mass is 9.74. The van der Waals surface area contributed by atoms with Crippen molar-refractivity contribution in [2.24, 2.45) is 5.92 Å². The zero-order valence-electron chi connectivity index (χ0n) is 10.6. The maximum atomic E-state index is 11.9. The molecule has 0 aliphatic heterocycles. The molecule has 0 aromatic heterocycles. The highest BCUT2D eigenvalue weighted by atomic mass is 16.5. The topological polar surface area (TPSA) is 26.3 Å². The van der Waals surface area contributed by atoms with E-state index in [0.717, 1.165) is 18.4 Å². The molecule has 3 rings (SSSR count). The molecule has 0 amide bonds. The highest BCUT2D eigenvalue weighted by Gasteiger charge is 2.35. The van der Waals surface area contributed by atoms with Gasteiger partial charge in [-0.15, -0.1) is 0 Å². The predicted molar refractivity (Wildman–Crippen MR) is 66.5 cm³/mol. The van der Waals surface area contributed by atoms with Crippen LogP contribution in [0, 0.1) is 5.92 Å². The highest BCUT2D eigenvalue weighted by Crippen LogP contribution is 2.48. The number of allylic oxidation sites excluding steroid dienone is 3. The van der Waals surface area contributed by atoms with E-state index < -0.39 is 0 Å². The Balaban J connectivity index is 2.05. The van der Waals surface area contributed by atoms with Crippen molar-refractivity contribution < 1.29 is 9.53 Å². The second-order valence-corrected chi connectivity index (χ2v) is 5.45. The van der Waals surface area contributed by atoms with Crippen LogP contribution in [-0.4, -0.2) is 13.1 Å². The summed E-state index contributed by atoms with van der Waals surface area (Å²) in [5, 5.41) is 0. The quantitative estimate of drug-likeness (QED) is 0.646. The molecule has 0 N–H and O–H groups in total. The number of esters is 1. The van der Waals surface area contributed by atoms with Crippen molar-refractivity contribution in [3.05, 3.63) is 22.3 Å². The van der Waals surface area contributed by atoms with Crippen LogP contribution in [0.5, 0.6) is 0 Å². The van der Waals surface area contributed by atoms with E-state index in [9.17, 15) is 4.79 Å². The average Bonchev–Trinajstić information content (AvgIpc) is 2.85. The minimum Gasteiger partial charge on any atom is -0.466 e. The summed E-state index contributed by atoms with van der Waals surface area (Å²) in [5.41, 5.74) is 5.59. The number of carbonyl (C=O) groups is 1. The van der Waals surface area contributed by atoms with Crippen LogP contribution in [0.15, 0.2) is 22.3 Å². The van der Waals surface area contributed by atoms with Crippen molar-refractivity contribution in [2.75, 3.05) is 7.11 Å². The van der Waals surface area contributed by atoms with Crippen LogP contribution in [-0.2, 0) is 9.53 Å². The summed E-state index contributed by atoms with van der Waals surface area (Å²) in [6.07, 6.45) is 9.62. The number of hydrogen-bond acceptors (Lipinski definition) is 2. The van der Waals surface area contributed by atoms with Crippen LogP contribution < -0.4 is 0 Å². The molecule has 0 aromatic rings. The molecule has 2 saturated carbocycles. The monoisotopic (exact) mass is 232 g/mol. The minimum atomic E-state index is -0.0784. The van der Waals surface area contributed by atoms with E-state index in [0.29, 0.717) is 5.92 Å². The largest absolute Gasteiger partial charge is 0.466 e. The van der Waals surface area contributed by atoms with E-state index in [1.54, 1.807) is 11.1 Å². The van der Waals surface area contributed by atoms with Gasteiger partial charge < -0.3 is 4.74 Å². The van der Waals surface area contributed by atoms with E-state index in [1.807, 2.05) is 0 Å². The third-order valence-corrected chi connectivity index (χ3v) is 4.59. The molecule has 17 heavy (non-hydrogen) atoms. The van der Waals surface area contributed by atoms with Crippen molar-refractivity contribution in [3.63, 3.8) is 0 Å². The van der Waals surface area contributed by atoms with Gasteiger partial charge in [0.25, 0.3) is 0 Å². The van der Waals surface area contributed by atoms with Gasteiger partial charge in [-0.3, -0.25) is 0 Å². The maximum absolute atomic E-state index is 11.9. The van der Waals surface area contributed by atoms with E-state index in [1.165, 1.54) is 51.2 Å². The first-order valence-electron chi connectivity index (χ1n) is 6.84. The molecule has 3 aliphatic rings. The van der Waals surface area contributed by atoms with Gasteiger partial charge in [-0.2, -0.15) is 0 Å². The fourth-order valence-electron chi connectivity index (χ4n) is 3.83. The van der Waals surface area contributed by atoms with Crippen LogP contribution in [0.25, 0.3) is 0 Å². The highest BCUT2D eigenvalue weighted by molar-refractivity contribution is 5.91. The van der Waals surface area contributed by atoms with Gasteiger partial charge in [-0.1, -0.05) is 5.57 Å². The Morgan fingerprint density at radius 2 is 1.88 bits per heavy atom. The summed E-state index contributed by atoms with van der Waals surface area (Å²) in [6.45, 7) is 0. The first-order chi connectivity index (χ1) is 8.31. The standard InChI is InChI=1S/C15H20O2/c1-17-15(16)14-9-10-5-4-8-11(10)12-6-2-3-7-13(12)14/h10H,2-9H2,1H3/t10-/m1/s1. The normalized spacial score (nSPS) is 27.9. The van der Waals surface area contributed by atoms with Gasteiger partial charge >= 0.3 is 5.97 Å². The molecule has 3 aliphatic carbocycles. The van der Waals surface area contributed by atoms with E-state index in [2.05, 4.69) is 0 Å². The predicted octanol–water partition coefficient (Wildman–Crippen LogP) is 3.53. The Hall–Kier alpha value is -1.05. The Morgan fingerprint density at radius 3 is 2.65 bits per heavy atom. The van der Waals surface area contributed by atoms with Gasteiger partial charge in [0.1, 0.15) is 0 Å². The van der Waals surface area contributed by atoms with Crippen molar-refractivity contribution in [1.29, 1.82) is 0 Å². The molecule has 0 spiro atoms. The summed E-state index contributed by atoms with van der Waals surface area (Å²) < 4.78 is 4.97. The average molecular weight is 232 g/mol. The lowest BCUT2D eigenvalue weighted by Crippen LogP contribution is -2.20. The summed E-state index contributed by atoms with van der Waals surface area (Å²) >= 11 is 0. The first-order valence-corrected chi connectivity index (χ1v) is 6.84. The number of ether oxygens (including phenoxy) is 1. The number of carbonyl (C=O) groups excluding carboxylic acids is 1. The molecular formula is C15H20O2. The summed E-state index contributed by atoms with van der Waals surface area (Å²) in [6, 6.07) is 0. The number of rotatable bonds is 1. The molecule has 0 heterocycles. The molecule has 0 unspecified atom stereocenters. The first kappa shape index (κ1) is 11.1. The van der Waals surface area contributed by atoms with Crippen molar-refractivity contribution >= 4 is 5.97 Å². The van der Waals surface area contributed by atoms with Crippen molar-refractivity contribution in [2.45, 2.75) is 51.4 Å². The maximum Gasteiger partial charge on any atom is 0.334 e. The molecular weight excluding hydrogens is 212 g/mol. The van der Waals surface area contributed by atoms with E-state index in [4.69, 9.17) is 4.74 Å². The second-order valence-electron chi connectivity index (χ2n) is 5.45. The number of methoxy groups -OCH3 is 1. The van der Waals surface area contributed by atoms with Gasteiger partial charge in [0, 0.05) is 5.57 Å². The van der Waals surface area contributed by atoms with Gasteiger partial charge in [0.15, 0.2) is 0 Å². The Kier molecular flexibility index (Phi) is 2.81. The fourth-order valence-corrected chi connectivity index (χ4v) is 3.83. The molecule has 0 radical (unpaired) electrons. The van der Waals surface area contributed by atoms with Gasteiger partial charge in [-0.05, 0) is 68.4 Å². The Morgan fingerprint density at radius 1 is 1.12 bits per heavy atom. The van der Waals surface area contributed by atoms with Crippen LogP contribution in [0.4, 0.5) is 0 Å². The molecule has 1 atom stereocenters. The zero-order valence-corrected chi connectivity index (χ0v) is 10.6. The molecule has 2 heteroatoms. The third kappa shape index (κ3) is 1.74. The minimum absolute atomic E-state index is 0.0784. The summed E-state index contributed by atoms with van der Waals surface area (Å²) in [7, 11) is 1.51. The lowest BCUT2D eigenvalue weighted by molar-refractivity contribution is -0.136. The number of hydrogen-bond donors (Lipinski definition) is 0. The van der Waals surface area contributed by atoms with Crippen LogP contribution in [0.3, 0.4) is 0 Å².